The van der Waals surface area contributed by atoms with Crippen LogP contribution in [0.4, 0.5) is 0 Å². The molecule has 0 aliphatic carbocycles. The summed E-state index contributed by atoms with van der Waals surface area (Å²) in [6, 6.07) is 6.96. The van der Waals surface area contributed by atoms with E-state index in [4.69, 9.17) is 9.76 Å². The number of nitrogens with zero attached hydrogens (tertiary/aromatic N) is 4. The quantitative estimate of drug-likeness (QED) is 0.586. The third-order valence-corrected chi connectivity index (χ3v) is 4.15. The van der Waals surface area contributed by atoms with Crippen LogP contribution in [-0.4, -0.2) is 61.4 Å². The molecule has 26 heavy (non-hydrogen) atoms. The van der Waals surface area contributed by atoms with Gasteiger partial charge in [-0.3, -0.25) is 9.59 Å². The van der Waals surface area contributed by atoms with Crippen molar-refractivity contribution in [2.75, 3.05) is 0 Å². The minimum Gasteiger partial charge on any atom is -0.481 e. The van der Waals surface area contributed by atoms with Gasteiger partial charge in [0.25, 0.3) is 5.91 Å². The Kier molecular flexibility index (Phi) is 5.59. The number of nitrogens with one attached hydrogen (secondary N) is 1. The van der Waals surface area contributed by atoms with E-state index in [1.54, 1.807) is 28.9 Å². The minimum atomic E-state index is -1.23. The summed E-state index contributed by atoms with van der Waals surface area (Å²) in [4.78, 5) is 23.0. The van der Waals surface area contributed by atoms with E-state index in [2.05, 4.69) is 20.8 Å². The molecule has 0 radical (unpaired) electrons. The molecule has 0 spiro atoms. The Morgan fingerprint density at radius 1 is 1.31 bits per heavy atom. The first-order chi connectivity index (χ1) is 12.5. The summed E-state index contributed by atoms with van der Waals surface area (Å²) in [5.74, 6) is -1.89. The lowest BCUT2D eigenvalue weighted by Crippen LogP contribution is -2.52. The Balaban J connectivity index is 1.54. The van der Waals surface area contributed by atoms with Gasteiger partial charge in [0.2, 0.25) is 0 Å². The first-order valence-corrected chi connectivity index (χ1v) is 8.17. The number of benzene rings is 1. The minimum absolute atomic E-state index is 0.166. The molecule has 1 aliphatic heterocycles. The molecule has 2 heterocycles. The molecule has 0 saturated carbocycles. The van der Waals surface area contributed by atoms with Gasteiger partial charge in [0, 0.05) is 5.56 Å². The number of hydrogen-bond acceptors (Lipinski definition) is 7. The maximum absolute atomic E-state index is 12.3. The van der Waals surface area contributed by atoms with E-state index in [9.17, 15) is 14.6 Å². The number of carbonyl (C=O) groups is 2. The zero-order valence-corrected chi connectivity index (χ0v) is 13.9. The van der Waals surface area contributed by atoms with Crippen LogP contribution < -0.4 is 5.32 Å². The molecule has 3 N–H and O–H groups in total. The maximum atomic E-state index is 12.3. The number of carboxylic acids is 1. The summed E-state index contributed by atoms with van der Waals surface area (Å²) in [7, 11) is -1.23. The van der Waals surface area contributed by atoms with E-state index in [0.29, 0.717) is 24.9 Å². The van der Waals surface area contributed by atoms with Crippen LogP contribution in [0.15, 0.2) is 30.6 Å². The Labute approximate surface area is 149 Å². The highest BCUT2D eigenvalue weighted by atomic mass is 16.5. The van der Waals surface area contributed by atoms with Crippen LogP contribution in [0.5, 0.6) is 0 Å². The van der Waals surface area contributed by atoms with E-state index >= 15 is 0 Å². The summed E-state index contributed by atoms with van der Waals surface area (Å²) in [6.45, 7) is 0.495. The summed E-state index contributed by atoms with van der Waals surface area (Å²) in [5.41, 5.74) is 1.39. The van der Waals surface area contributed by atoms with E-state index in [1.807, 2.05) is 0 Å². The summed E-state index contributed by atoms with van der Waals surface area (Å²) >= 11 is 0. The molecule has 10 nitrogen and oxygen atoms in total. The monoisotopic (exact) mass is 359 g/mol. The molecular formula is C15H18BN5O5. The molecule has 11 heteroatoms. The molecule has 1 fully saturated rings. The van der Waals surface area contributed by atoms with E-state index in [-0.39, 0.29) is 12.3 Å². The van der Waals surface area contributed by atoms with Gasteiger partial charge in [-0.25, -0.2) is 4.68 Å². The number of rotatable bonds is 6. The molecule has 3 rings (SSSR count). The lowest BCUT2D eigenvalue weighted by molar-refractivity contribution is -0.139. The van der Waals surface area contributed by atoms with Crippen molar-refractivity contribution in [3.63, 3.8) is 0 Å². The average Bonchev–Trinajstić information content (AvgIpc) is 3.10. The topological polar surface area (TPSA) is 139 Å². The van der Waals surface area contributed by atoms with Crippen molar-refractivity contribution in [3.8, 4) is 0 Å². The fraction of sp³-hybridized carbons (Fsp3) is 0.400. The predicted octanol–water partition coefficient (Wildman–Crippen LogP) is -0.507. The SMILES string of the molecule is O=C(O)C[C@@H]1CC[C@H](NC(=O)c2ccc(Cn3cnnn3)cc2)B(O)O1. The van der Waals surface area contributed by atoms with Gasteiger partial charge in [-0.2, -0.15) is 0 Å². The van der Waals surface area contributed by atoms with Crippen LogP contribution in [0.3, 0.4) is 0 Å². The highest BCUT2D eigenvalue weighted by Crippen LogP contribution is 2.19. The Bertz CT molecular complexity index is 754. The molecule has 0 unspecified atom stereocenters. The van der Waals surface area contributed by atoms with Crippen molar-refractivity contribution in [2.45, 2.75) is 37.9 Å². The highest BCUT2D eigenvalue weighted by molar-refractivity contribution is 6.45. The molecule has 0 bridgehead atoms. The van der Waals surface area contributed by atoms with Crippen molar-refractivity contribution >= 4 is 19.0 Å². The Morgan fingerprint density at radius 3 is 2.69 bits per heavy atom. The van der Waals surface area contributed by atoms with Crippen LogP contribution in [-0.2, 0) is 16.0 Å². The lowest BCUT2D eigenvalue weighted by atomic mass is 9.72. The van der Waals surface area contributed by atoms with Gasteiger partial charge in [0.1, 0.15) is 6.33 Å². The van der Waals surface area contributed by atoms with Crippen molar-refractivity contribution in [3.05, 3.63) is 41.7 Å². The second-order valence-electron chi connectivity index (χ2n) is 6.11. The molecule has 2 atom stereocenters. The predicted molar refractivity (Wildman–Crippen MR) is 88.9 cm³/mol. The zero-order chi connectivity index (χ0) is 18.5. The molecule has 1 aliphatic rings. The van der Waals surface area contributed by atoms with Gasteiger partial charge in [0.15, 0.2) is 0 Å². The van der Waals surface area contributed by atoms with Crippen LogP contribution in [0.2, 0.25) is 0 Å². The average molecular weight is 359 g/mol. The first kappa shape index (κ1) is 18.0. The number of carboxylic acid groups (broad SMARTS) is 1. The summed E-state index contributed by atoms with van der Waals surface area (Å²) in [5, 5.41) is 32.4. The number of aliphatic carboxylic acids is 1. The van der Waals surface area contributed by atoms with Crippen molar-refractivity contribution in [1.82, 2.24) is 25.5 Å². The van der Waals surface area contributed by atoms with E-state index in [1.165, 1.54) is 6.33 Å². The maximum Gasteiger partial charge on any atom is 0.478 e. The number of aromatic nitrogens is 4. The number of amides is 1. The molecular weight excluding hydrogens is 341 g/mol. The van der Waals surface area contributed by atoms with Crippen molar-refractivity contribution in [2.24, 2.45) is 0 Å². The second-order valence-corrected chi connectivity index (χ2v) is 6.11. The van der Waals surface area contributed by atoms with Gasteiger partial charge < -0.3 is 20.1 Å². The Hall–Kier alpha value is -2.79. The normalized spacial score (nSPS) is 20.0. The Morgan fingerprint density at radius 2 is 2.08 bits per heavy atom. The van der Waals surface area contributed by atoms with Gasteiger partial charge >= 0.3 is 13.1 Å². The van der Waals surface area contributed by atoms with E-state index < -0.39 is 25.1 Å². The summed E-state index contributed by atoms with van der Waals surface area (Å²) in [6.07, 6.45) is 1.70. The van der Waals surface area contributed by atoms with Crippen molar-refractivity contribution in [1.29, 1.82) is 0 Å². The van der Waals surface area contributed by atoms with Gasteiger partial charge in [-0.05, 0) is 41.0 Å². The second kappa shape index (κ2) is 8.06. The third-order valence-electron chi connectivity index (χ3n) is 4.15. The van der Waals surface area contributed by atoms with Crippen LogP contribution in [0.25, 0.3) is 0 Å². The van der Waals surface area contributed by atoms with Crippen LogP contribution in [0.1, 0.15) is 35.2 Å². The molecule has 1 aromatic carbocycles. The van der Waals surface area contributed by atoms with Gasteiger partial charge in [0.05, 0.1) is 25.0 Å². The molecule has 1 amide bonds. The largest absolute Gasteiger partial charge is 0.481 e. The number of hydrogen-bond donors (Lipinski definition) is 3. The fourth-order valence-corrected chi connectivity index (χ4v) is 2.81. The third kappa shape index (κ3) is 4.64. The molecule has 1 saturated heterocycles. The fourth-order valence-electron chi connectivity index (χ4n) is 2.81. The standard InChI is InChI=1S/C15H18BN5O5/c22-14(23)7-12-5-6-13(16(25)26-12)18-15(24)11-3-1-10(2-4-11)8-21-9-17-19-20-21/h1-4,9,12-13,25H,5-8H2,(H,18,24)(H,22,23)/t12-,13-/m0/s1. The number of tetrazole rings is 1. The molecule has 2 aromatic rings. The zero-order valence-electron chi connectivity index (χ0n) is 13.9. The van der Waals surface area contributed by atoms with Crippen LogP contribution in [0, 0.1) is 0 Å². The van der Waals surface area contributed by atoms with E-state index in [0.717, 1.165) is 5.56 Å². The van der Waals surface area contributed by atoms with Gasteiger partial charge in [-0.15, -0.1) is 5.10 Å². The first-order valence-electron chi connectivity index (χ1n) is 8.17. The molecule has 1 aromatic heterocycles. The smallest absolute Gasteiger partial charge is 0.478 e. The molecule has 136 valence electrons. The summed E-state index contributed by atoms with van der Waals surface area (Å²) < 4.78 is 6.83. The highest BCUT2D eigenvalue weighted by Gasteiger charge is 2.36. The van der Waals surface area contributed by atoms with Crippen molar-refractivity contribution < 1.29 is 24.4 Å². The number of carbonyl (C=O) groups excluding carboxylic acids is 1. The van der Waals surface area contributed by atoms with Crippen LogP contribution >= 0.6 is 0 Å². The van der Waals surface area contributed by atoms with Gasteiger partial charge in [-0.1, -0.05) is 12.1 Å². The lowest BCUT2D eigenvalue weighted by Gasteiger charge is -2.30.